The zero-order valence-corrected chi connectivity index (χ0v) is 9.21. The van der Waals surface area contributed by atoms with Crippen LogP contribution in [0.25, 0.3) is 0 Å². The van der Waals surface area contributed by atoms with Crippen molar-refractivity contribution >= 4 is 11.6 Å². The van der Waals surface area contributed by atoms with Crippen molar-refractivity contribution in [1.82, 2.24) is 0 Å². The lowest BCUT2D eigenvalue weighted by Crippen LogP contribution is -1.72. The van der Waals surface area contributed by atoms with E-state index >= 15 is 0 Å². The predicted octanol–water partition coefficient (Wildman–Crippen LogP) is 4.51. The molecule has 0 amide bonds. The largest absolute Gasteiger partial charge is 0.0892 e. The van der Waals surface area contributed by atoms with Gasteiger partial charge < -0.3 is 0 Å². The zero-order chi connectivity index (χ0) is 9.44. The van der Waals surface area contributed by atoms with Crippen molar-refractivity contribution in [2.75, 3.05) is 0 Å². The fourth-order valence-electron chi connectivity index (χ4n) is 0.532. The summed E-state index contributed by atoms with van der Waals surface area (Å²) in [4.78, 5) is 0. The summed E-state index contributed by atoms with van der Waals surface area (Å²) in [6.07, 6.45) is 2.07. The Morgan fingerprint density at radius 1 is 1.00 bits per heavy atom. The van der Waals surface area contributed by atoms with E-state index in [0.29, 0.717) is 0 Å². The topological polar surface area (TPSA) is 0 Å². The van der Waals surface area contributed by atoms with Crippen LogP contribution in [-0.2, 0) is 0 Å². The van der Waals surface area contributed by atoms with Crippen molar-refractivity contribution in [3.05, 3.63) is 22.3 Å². The molecule has 0 N–H and O–H groups in total. The highest BCUT2D eigenvalue weighted by Crippen LogP contribution is 2.10. The molecule has 0 saturated heterocycles. The Morgan fingerprint density at radius 3 is 1.45 bits per heavy atom. The summed E-state index contributed by atoms with van der Waals surface area (Å²) in [5.41, 5.74) is 2.43. The van der Waals surface area contributed by atoms with Gasteiger partial charge in [0.15, 0.2) is 0 Å². The van der Waals surface area contributed by atoms with Crippen molar-refractivity contribution in [3.63, 3.8) is 0 Å². The van der Waals surface area contributed by atoms with Gasteiger partial charge in [-0.2, -0.15) is 0 Å². The molecule has 0 aromatic carbocycles. The standard InChI is InChI=1S/C8H13Cl.C2H6/c1-6(2)5-7(3)8(4)9;1-2/h5H,1-4H3;1-2H3/b8-7+;. The van der Waals surface area contributed by atoms with Crippen LogP contribution in [0.2, 0.25) is 0 Å². The molecule has 0 heterocycles. The molecule has 0 atom stereocenters. The first kappa shape index (κ1) is 13.4. The number of hydrogen-bond donors (Lipinski definition) is 0. The number of rotatable bonds is 1. The fourth-order valence-corrected chi connectivity index (χ4v) is 0.587. The average molecular weight is 175 g/mol. The van der Waals surface area contributed by atoms with Crippen LogP contribution in [0.3, 0.4) is 0 Å². The second-order valence-electron chi connectivity index (χ2n) is 2.44. The van der Waals surface area contributed by atoms with E-state index in [0.717, 1.165) is 10.6 Å². The van der Waals surface area contributed by atoms with Gasteiger partial charge in [-0.05, 0) is 33.3 Å². The van der Waals surface area contributed by atoms with Gasteiger partial charge in [0.05, 0.1) is 0 Å². The van der Waals surface area contributed by atoms with E-state index < -0.39 is 0 Å². The third-order valence-corrected chi connectivity index (χ3v) is 1.35. The van der Waals surface area contributed by atoms with Crippen LogP contribution in [0, 0.1) is 0 Å². The van der Waals surface area contributed by atoms with Crippen molar-refractivity contribution in [3.8, 4) is 0 Å². The maximum absolute atomic E-state index is 5.71. The van der Waals surface area contributed by atoms with Crippen LogP contribution in [0.4, 0.5) is 0 Å². The Balaban J connectivity index is 0. The maximum atomic E-state index is 5.71. The van der Waals surface area contributed by atoms with E-state index in [-0.39, 0.29) is 0 Å². The summed E-state index contributed by atoms with van der Waals surface area (Å²) in [6.45, 7) is 12.0. The van der Waals surface area contributed by atoms with Gasteiger partial charge in [0.25, 0.3) is 0 Å². The zero-order valence-electron chi connectivity index (χ0n) is 8.46. The van der Waals surface area contributed by atoms with Crippen LogP contribution in [0.5, 0.6) is 0 Å². The van der Waals surface area contributed by atoms with Gasteiger partial charge in [-0.1, -0.05) is 37.1 Å². The van der Waals surface area contributed by atoms with Gasteiger partial charge in [-0.15, -0.1) is 0 Å². The summed E-state index contributed by atoms with van der Waals surface area (Å²) in [6, 6.07) is 0. The van der Waals surface area contributed by atoms with E-state index in [1.807, 2.05) is 27.7 Å². The lowest BCUT2D eigenvalue weighted by atomic mass is 10.2. The highest BCUT2D eigenvalue weighted by Gasteiger charge is 1.86. The van der Waals surface area contributed by atoms with Crippen LogP contribution < -0.4 is 0 Å². The van der Waals surface area contributed by atoms with Crippen molar-refractivity contribution in [1.29, 1.82) is 0 Å². The van der Waals surface area contributed by atoms with Gasteiger partial charge in [-0.3, -0.25) is 0 Å². The van der Waals surface area contributed by atoms with Crippen LogP contribution >= 0.6 is 11.6 Å². The molecule has 0 aromatic rings. The second-order valence-corrected chi connectivity index (χ2v) is 3.01. The Bertz CT molecular complexity index is 144. The second kappa shape index (κ2) is 7.87. The minimum atomic E-state index is 0.871. The average Bonchev–Trinajstić information content (AvgIpc) is 1.90. The van der Waals surface area contributed by atoms with Crippen molar-refractivity contribution in [2.24, 2.45) is 0 Å². The Morgan fingerprint density at radius 2 is 1.36 bits per heavy atom. The van der Waals surface area contributed by atoms with Gasteiger partial charge in [0.2, 0.25) is 0 Å². The molecule has 0 spiro atoms. The molecule has 0 aliphatic rings. The van der Waals surface area contributed by atoms with Crippen LogP contribution in [0.1, 0.15) is 41.5 Å². The van der Waals surface area contributed by atoms with Gasteiger partial charge in [0.1, 0.15) is 0 Å². The first-order chi connectivity index (χ1) is 5.04. The lowest BCUT2D eigenvalue weighted by molar-refractivity contribution is 1.33. The molecule has 0 saturated carbocycles. The third-order valence-electron chi connectivity index (χ3n) is 1.05. The molecule has 0 unspecified atom stereocenters. The van der Waals surface area contributed by atoms with E-state index in [4.69, 9.17) is 11.6 Å². The maximum Gasteiger partial charge on any atom is 0.0179 e. The molecule has 0 aliphatic heterocycles. The van der Waals surface area contributed by atoms with Crippen molar-refractivity contribution in [2.45, 2.75) is 41.5 Å². The van der Waals surface area contributed by atoms with E-state index in [2.05, 4.69) is 19.9 Å². The highest BCUT2D eigenvalue weighted by atomic mass is 35.5. The van der Waals surface area contributed by atoms with E-state index in [9.17, 15) is 0 Å². The molecule has 0 bridgehead atoms. The van der Waals surface area contributed by atoms with E-state index in [1.54, 1.807) is 0 Å². The first-order valence-corrected chi connectivity index (χ1v) is 4.39. The summed E-state index contributed by atoms with van der Waals surface area (Å²) in [5.74, 6) is 0. The molecule has 1 heteroatoms. The monoisotopic (exact) mass is 174 g/mol. The summed E-state index contributed by atoms with van der Waals surface area (Å²) in [5, 5.41) is 0.871. The molecule has 11 heavy (non-hydrogen) atoms. The summed E-state index contributed by atoms with van der Waals surface area (Å²) in [7, 11) is 0. The summed E-state index contributed by atoms with van der Waals surface area (Å²) < 4.78 is 0. The van der Waals surface area contributed by atoms with E-state index in [1.165, 1.54) is 5.57 Å². The molecular formula is C10H19Cl. The third kappa shape index (κ3) is 9.77. The first-order valence-electron chi connectivity index (χ1n) is 4.02. The number of allylic oxidation sites excluding steroid dienone is 4. The highest BCUT2D eigenvalue weighted by molar-refractivity contribution is 6.29. The minimum absolute atomic E-state index is 0.871. The molecule has 0 fully saturated rings. The normalized spacial score (nSPS) is 10.8. The number of hydrogen-bond acceptors (Lipinski definition) is 0. The predicted molar refractivity (Wildman–Crippen MR) is 55.0 cm³/mol. The molecule has 0 aromatic heterocycles. The Hall–Kier alpha value is -0.230. The smallest absolute Gasteiger partial charge is 0.0179 e. The summed E-state index contributed by atoms with van der Waals surface area (Å²) >= 11 is 5.71. The molecule has 0 aliphatic carbocycles. The Kier molecular flexibility index (Phi) is 9.57. The van der Waals surface area contributed by atoms with Crippen LogP contribution in [0.15, 0.2) is 22.3 Å². The molecule has 0 rings (SSSR count). The van der Waals surface area contributed by atoms with Crippen molar-refractivity contribution < 1.29 is 0 Å². The lowest BCUT2D eigenvalue weighted by Gasteiger charge is -1.93. The fraction of sp³-hybridized carbons (Fsp3) is 0.600. The molecule has 0 nitrogen and oxygen atoms in total. The van der Waals surface area contributed by atoms with Gasteiger partial charge in [-0.25, -0.2) is 0 Å². The quantitative estimate of drug-likeness (QED) is 0.513. The minimum Gasteiger partial charge on any atom is -0.0892 e. The van der Waals surface area contributed by atoms with Crippen LogP contribution in [-0.4, -0.2) is 0 Å². The Labute approximate surface area is 76.0 Å². The SMILES string of the molecule is CC.CC(C)=C/C(C)=C(\C)Cl. The molecule has 66 valence electrons. The molecular weight excluding hydrogens is 156 g/mol. The number of halogens is 1. The van der Waals surface area contributed by atoms with Gasteiger partial charge >= 0.3 is 0 Å². The molecule has 0 radical (unpaired) electrons. The van der Waals surface area contributed by atoms with Gasteiger partial charge in [0, 0.05) is 5.03 Å².